The van der Waals surface area contributed by atoms with Crippen LogP contribution in [0.2, 0.25) is 0 Å². The molecule has 0 saturated heterocycles. The second kappa shape index (κ2) is 4.95. The first-order valence-corrected chi connectivity index (χ1v) is 7.37. The summed E-state index contributed by atoms with van der Waals surface area (Å²) >= 11 is 0. The number of sulfonamides is 1. The molecular formula is C12H17FN2O2S. The Morgan fingerprint density at radius 2 is 2.11 bits per heavy atom. The fraction of sp³-hybridized carbons (Fsp3) is 0.500. The average Bonchev–Trinajstić information content (AvgIpc) is 2.96. The summed E-state index contributed by atoms with van der Waals surface area (Å²) in [5.41, 5.74) is 0.739. The summed E-state index contributed by atoms with van der Waals surface area (Å²) in [7, 11) is -2.00. The summed E-state index contributed by atoms with van der Waals surface area (Å²) < 4.78 is 40.2. The van der Waals surface area contributed by atoms with E-state index >= 15 is 0 Å². The Morgan fingerprint density at radius 1 is 1.44 bits per heavy atom. The summed E-state index contributed by atoms with van der Waals surface area (Å²) in [6, 6.07) is 4.09. The van der Waals surface area contributed by atoms with Crippen LogP contribution >= 0.6 is 0 Å². The molecule has 0 spiro atoms. The third-order valence-electron chi connectivity index (χ3n) is 3.08. The predicted octanol–water partition coefficient (Wildman–Crippen LogP) is 1.23. The fourth-order valence-corrected chi connectivity index (χ4v) is 3.30. The molecule has 6 heteroatoms. The van der Waals surface area contributed by atoms with Crippen LogP contribution in [0, 0.1) is 11.7 Å². The molecule has 0 aliphatic heterocycles. The zero-order valence-corrected chi connectivity index (χ0v) is 11.2. The van der Waals surface area contributed by atoms with E-state index in [2.05, 4.69) is 10.0 Å². The molecule has 1 saturated carbocycles. The minimum absolute atomic E-state index is 0.0534. The highest BCUT2D eigenvalue weighted by molar-refractivity contribution is 7.89. The summed E-state index contributed by atoms with van der Waals surface area (Å²) in [4.78, 5) is -0.269. The lowest BCUT2D eigenvalue weighted by Gasteiger charge is -2.09. The van der Waals surface area contributed by atoms with Crippen molar-refractivity contribution < 1.29 is 12.8 Å². The Morgan fingerprint density at radius 3 is 2.67 bits per heavy atom. The molecule has 2 atom stereocenters. The van der Waals surface area contributed by atoms with Crippen LogP contribution in [0.15, 0.2) is 23.1 Å². The molecule has 1 aromatic carbocycles. The molecule has 1 aromatic rings. The summed E-state index contributed by atoms with van der Waals surface area (Å²) in [5.74, 6) is -0.376. The van der Waals surface area contributed by atoms with Crippen LogP contribution in [-0.4, -0.2) is 21.5 Å². The smallest absolute Gasteiger partial charge is 0.243 e. The molecule has 1 aliphatic rings. The topological polar surface area (TPSA) is 58.2 Å². The molecule has 18 heavy (non-hydrogen) atoms. The minimum Gasteiger partial charge on any atom is -0.316 e. The zero-order valence-electron chi connectivity index (χ0n) is 10.4. The molecule has 0 bridgehead atoms. The highest BCUT2D eigenvalue weighted by atomic mass is 32.2. The van der Waals surface area contributed by atoms with Gasteiger partial charge in [-0.3, -0.25) is 0 Å². The van der Waals surface area contributed by atoms with Crippen LogP contribution in [0.5, 0.6) is 0 Å². The van der Waals surface area contributed by atoms with Crippen molar-refractivity contribution in [3.63, 3.8) is 0 Å². The molecule has 0 aromatic heterocycles. The van der Waals surface area contributed by atoms with E-state index < -0.39 is 15.8 Å². The number of hydrogen-bond acceptors (Lipinski definition) is 3. The number of hydrogen-bond donors (Lipinski definition) is 2. The van der Waals surface area contributed by atoms with Gasteiger partial charge in [-0.15, -0.1) is 0 Å². The highest BCUT2D eigenvalue weighted by Gasteiger charge is 2.37. The minimum atomic E-state index is -3.75. The van der Waals surface area contributed by atoms with Gasteiger partial charge in [0.15, 0.2) is 0 Å². The highest BCUT2D eigenvalue weighted by Crippen LogP contribution is 2.31. The van der Waals surface area contributed by atoms with Gasteiger partial charge >= 0.3 is 0 Å². The summed E-state index contributed by atoms with van der Waals surface area (Å²) in [6.45, 7) is 2.46. The van der Waals surface area contributed by atoms with E-state index in [0.29, 0.717) is 12.5 Å². The van der Waals surface area contributed by atoms with Gasteiger partial charge in [-0.2, -0.15) is 0 Å². The molecule has 0 radical (unpaired) electrons. The maximum absolute atomic E-state index is 13.6. The second-order valence-corrected chi connectivity index (χ2v) is 6.42. The quantitative estimate of drug-likeness (QED) is 0.847. The fourth-order valence-electron chi connectivity index (χ4n) is 1.82. The lowest BCUT2D eigenvalue weighted by Crippen LogP contribution is -2.27. The van der Waals surface area contributed by atoms with E-state index in [1.165, 1.54) is 12.1 Å². The Labute approximate surface area is 107 Å². The summed E-state index contributed by atoms with van der Waals surface area (Å²) in [6.07, 6.45) is 0.817. The van der Waals surface area contributed by atoms with Crippen LogP contribution < -0.4 is 10.0 Å². The van der Waals surface area contributed by atoms with Crippen LogP contribution in [0.4, 0.5) is 4.39 Å². The van der Waals surface area contributed by atoms with Crippen LogP contribution in [0.1, 0.15) is 18.9 Å². The monoisotopic (exact) mass is 272 g/mol. The Kier molecular flexibility index (Phi) is 3.70. The van der Waals surface area contributed by atoms with Gasteiger partial charge in [0.2, 0.25) is 10.0 Å². The number of benzene rings is 1. The normalized spacial score (nSPS) is 23.1. The van der Waals surface area contributed by atoms with Gasteiger partial charge in [-0.05, 0) is 37.1 Å². The molecule has 2 rings (SSSR count). The van der Waals surface area contributed by atoms with E-state index in [4.69, 9.17) is 0 Å². The number of nitrogens with one attached hydrogen (secondary N) is 2. The third kappa shape index (κ3) is 2.88. The first-order chi connectivity index (χ1) is 8.44. The van der Waals surface area contributed by atoms with E-state index in [0.717, 1.165) is 12.0 Å². The van der Waals surface area contributed by atoms with Gasteiger partial charge in [0.05, 0.1) is 0 Å². The number of rotatable bonds is 5. The van der Waals surface area contributed by atoms with Crippen LogP contribution in [-0.2, 0) is 16.6 Å². The molecule has 2 N–H and O–H groups in total. The van der Waals surface area contributed by atoms with Crippen molar-refractivity contribution in [2.24, 2.45) is 5.92 Å². The van der Waals surface area contributed by atoms with Crippen molar-refractivity contribution in [3.8, 4) is 0 Å². The Balaban J connectivity index is 2.27. The molecule has 1 fully saturated rings. The van der Waals surface area contributed by atoms with Gasteiger partial charge in [-0.25, -0.2) is 17.5 Å². The molecule has 0 amide bonds. The van der Waals surface area contributed by atoms with Gasteiger partial charge in [0.25, 0.3) is 0 Å². The van der Waals surface area contributed by atoms with Gasteiger partial charge < -0.3 is 5.32 Å². The van der Waals surface area contributed by atoms with Crippen molar-refractivity contribution in [2.75, 3.05) is 7.05 Å². The van der Waals surface area contributed by atoms with Gasteiger partial charge in [-0.1, -0.05) is 13.0 Å². The van der Waals surface area contributed by atoms with E-state index in [-0.39, 0.29) is 10.9 Å². The van der Waals surface area contributed by atoms with E-state index in [1.54, 1.807) is 13.1 Å². The third-order valence-corrected chi connectivity index (χ3v) is 4.59. The standard InChI is InChI=1S/C12H17FN2O2S/c1-8-5-11(8)15-18(16,17)12-6-9(7-14-2)3-4-10(12)13/h3-4,6,8,11,14-15H,5,7H2,1-2H3. The van der Waals surface area contributed by atoms with Crippen molar-refractivity contribution >= 4 is 10.0 Å². The molecule has 1 aliphatic carbocycles. The van der Waals surface area contributed by atoms with E-state index in [1.807, 2.05) is 6.92 Å². The van der Waals surface area contributed by atoms with Crippen molar-refractivity contribution in [3.05, 3.63) is 29.6 Å². The molecule has 2 unspecified atom stereocenters. The second-order valence-electron chi connectivity index (χ2n) is 4.74. The van der Waals surface area contributed by atoms with Crippen molar-refractivity contribution in [1.82, 2.24) is 10.0 Å². The van der Waals surface area contributed by atoms with E-state index in [9.17, 15) is 12.8 Å². The van der Waals surface area contributed by atoms with Crippen molar-refractivity contribution in [2.45, 2.75) is 30.8 Å². The Hall–Kier alpha value is -0.980. The first kappa shape index (κ1) is 13.5. The molecular weight excluding hydrogens is 255 g/mol. The van der Waals surface area contributed by atoms with Crippen LogP contribution in [0.25, 0.3) is 0 Å². The lowest BCUT2D eigenvalue weighted by molar-refractivity contribution is 0.553. The number of halogens is 1. The molecule has 4 nitrogen and oxygen atoms in total. The summed E-state index contributed by atoms with van der Waals surface area (Å²) in [5, 5.41) is 2.90. The largest absolute Gasteiger partial charge is 0.316 e. The van der Waals surface area contributed by atoms with Crippen molar-refractivity contribution in [1.29, 1.82) is 0 Å². The maximum atomic E-state index is 13.6. The van der Waals surface area contributed by atoms with Gasteiger partial charge in [0.1, 0.15) is 10.7 Å². The zero-order chi connectivity index (χ0) is 13.3. The molecule has 0 heterocycles. The lowest BCUT2D eigenvalue weighted by atomic mass is 10.2. The van der Waals surface area contributed by atoms with Crippen LogP contribution in [0.3, 0.4) is 0 Å². The Bertz CT molecular complexity index is 545. The molecule has 100 valence electrons. The SMILES string of the molecule is CNCc1ccc(F)c(S(=O)(=O)NC2CC2C)c1. The predicted molar refractivity (Wildman–Crippen MR) is 67.1 cm³/mol. The maximum Gasteiger partial charge on any atom is 0.243 e. The average molecular weight is 272 g/mol. The van der Waals surface area contributed by atoms with Gasteiger partial charge in [0, 0.05) is 12.6 Å². The first-order valence-electron chi connectivity index (χ1n) is 5.89.